The van der Waals surface area contributed by atoms with Gasteiger partial charge in [-0.2, -0.15) is 0 Å². The summed E-state index contributed by atoms with van der Waals surface area (Å²) < 4.78 is 9.06. The van der Waals surface area contributed by atoms with Gasteiger partial charge >= 0.3 is 5.69 Å². The minimum atomic E-state index is -2.04. The summed E-state index contributed by atoms with van der Waals surface area (Å²) in [6.45, 7) is 15.7. The molecule has 2 atom stereocenters. The summed E-state index contributed by atoms with van der Waals surface area (Å²) in [6, 6.07) is 1.40. The minimum Gasteiger partial charge on any atom is -0.414 e. The maximum atomic E-state index is 12.8. The van der Waals surface area contributed by atoms with Crippen LogP contribution >= 0.6 is 0 Å². The van der Waals surface area contributed by atoms with E-state index in [1.807, 2.05) is 13.8 Å². The summed E-state index contributed by atoms with van der Waals surface area (Å²) in [7, 11) is -0.605. The first-order valence-electron chi connectivity index (χ1n) is 11.3. The third-order valence-electron chi connectivity index (χ3n) is 5.53. The van der Waals surface area contributed by atoms with Crippen molar-refractivity contribution < 1.29 is 9.22 Å². The van der Waals surface area contributed by atoms with E-state index in [0.717, 1.165) is 29.5 Å². The lowest BCUT2D eigenvalue weighted by Gasteiger charge is -2.36. The molecule has 8 nitrogen and oxygen atoms in total. The zero-order valence-corrected chi connectivity index (χ0v) is 21.4. The van der Waals surface area contributed by atoms with Crippen LogP contribution in [0.25, 0.3) is 0 Å². The molecule has 0 aromatic carbocycles. The van der Waals surface area contributed by atoms with Crippen LogP contribution in [0.3, 0.4) is 0 Å². The lowest BCUT2D eigenvalue weighted by Crippen LogP contribution is -2.51. The van der Waals surface area contributed by atoms with Crippen LogP contribution in [0.1, 0.15) is 54.4 Å². The number of carbonyl (C=O) groups is 1. The maximum Gasteiger partial charge on any atom is 0.332 e. The van der Waals surface area contributed by atoms with E-state index in [2.05, 4.69) is 44.9 Å². The Morgan fingerprint density at radius 1 is 1.19 bits per heavy atom. The number of carbonyl (C=O) groups excluding carboxylic acids is 1. The molecule has 0 aliphatic carbocycles. The summed E-state index contributed by atoms with van der Waals surface area (Å²) in [4.78, 5) is 38.1. The average molecular weight is 453 g/mol. The number of nitrogens with one attached hydrogen (secondary N) is 2. The highest BCUT2D eigenvalue weighted by atomic mass is 28.4. The molecule has 9 heteroatoms. The van der Waals surface area contributed by atoms with Gasteiger partial charge in [0.25, 0.3) is 5.56 Å². The molecule has 31 heavy (non-hydrogen) atoms. The molecule has 1 aliphatic heterocycles. The van der Waals surface area contributed by atoms with Crippen LogP contribution < -0.4 is 21.9 Å². The Labute approximate surface area is 186 Å². The van der Waals surface area contributed by atoms with E-state index in [0.29, 0.717) is 12.4 Å². The van der Waals surface area contributed by atoms with Crippen LogP contribution in [-0.4, -0.2) is 36.0 Å². The van der Waals surface area contributed by atoms with Gasteiger partial charge in [0.2, 0.25) is 5.91 Å². The van der Waals surface area contributed by atoms with Gasteiger partial charge < -0.3 is 15.1 Å². The average Bonchev–Trinajstić information content (AvgIpc) is 2.65. The summed E-state index contributed by atoms with van der Waals surface area (Å²) >= 11 is 0. The number of fused-ring (bicyclic) bond motifs is 1. The van der Waals surface area contributed by atoms with E-state index in [1.54, 1.807) is 0 Å². The van der Waals surface area contributed by atoms with E-state index in [-0.39, 0.29) is 29.5 Å². The highest BCUT2D eigenvalue weighted by molar-refractivity contribution is 6.72. The van der Waals surface area contributed by atoms with Gasteiger partial charge in [-0.25, -0.2) is 4.79 Å². The third kappa shape index (κ3) is 6.32. The van der Waals surface area contributed by atoms with Crippen molar-refractivity contribution in [2.45, 2.75) is 85.6 Å². The van der Waals surface area contributed by atoms with Crippen molar-refractivity contribution in [3.8, 4) is 0 Å². The topological polar surface area (TPSA) is 94.4 Å². The standard InChI is InChI=1S/C22H40N4O4Si/c1-9-10-11-31(8,14-22(4,5)6)30-13-16-19(27)24-17-18(23-16)26(12-15(2)3)21(29)25(7)20(17)28/h15-16,23H,9-14H2,1-8H3,(H,24,27). The number of hydrogen-bond acceptors (Lipinski definition) is 5. The Morgan fingerprint density at radius 3 is 2.39 bits per heavy atom. The maximum absolute atomic E-state index is 12.8. The molecule has 1 aromatic rings. The zero-order chi connectivity index (χ0) is 23.6. The van der Waals surface area contributed by atoms with Gasteiger partial charge in [0.05, 0.1) is 6.61 Å². The molecule has 0 bridgehead atoms. The van der Waals surface area contributed by atoms with Crippen LogP contribution in [0.4, 0.5) is 11.5 Å². The van der Waals surface area contributed by atoms with Crippen molar-refractivity contribution in [3.05, 3.63) is 20.8 Å². The molecule has 1 aliphatic rings. The van der Waals surface area contributed by atoms with Crippen LogP contribution in [0, 0.1) is 11.3 Å². The minimum absolute atomic E-state index is 0.129. The second-order valence-electron chi connectivity index (χ2n) is 10.7. The molecular weight excluding hydrogens is 412 g/mol. The fourth-order valence-electron chi connectivity index (χ4n) is 4.29. The summed E-state index contributed by atoms with van der Waals surface area (Å²) in [5, 5.41) is 5.88. The molecule has 2 heterocycles. The lowest BCUT2D eigenvalue weighted by molar-refractivity contribution is -0.117. The second kappa shape index (κ2) is 9.73. The van der Waals surface area contributed by atoms with Gasteiger partial charge in [0.1, 0.15) is 17.5 Å². The Kier molecular flexibility index (Phi) is 7.97. The third-order valence-corrected chi connectivity index (χ3v) is 9.61. The number of anilines is 2. The molecule has 1 amide bonds. The molecular formula is C22H40N4O4Si. The first kappa shape index (κ1) is 25.4. The van der Waals surface area contributed by atoms with Crippen molar-refractivity contribution >= 4 is 25.7 Å². The van der Waals surface area contributed by atoms with E-state index >= 15 is 0 Å². The van der Waals surface area contributed by atoms with Gasteiger partial charge in [-0.3, -0.25) is 18.7 Å². The fourth-order valence-corrected chi connectivity index (χ4v) is 8.63. The monoisotopic (exact) mass is 452 g/mol. The number of rotatable bonds is 9. The lowest BCUT2D eigenvalue weighted by atomic mass is 10.0. The fraction of sp³-hybridized carbons (Fsp3) is 0.773. The van der Waals surface area contributed by atoms with Crippen LogP contribution in [0.2, 0.25) is 18.6 Å². The first-order chi connectivity index (χ1) is 14.3. The molecule has 2 unspecified atom stereocenters. The molecule has 0 radical (unpaired) electrons. The Balaban J connectivity index is 2.32. The van der Waals surface area contributed by atoms with Crippen molar-refractivity contribution in [1.29, 1.82) is 0 Å². The molecule has 176 valence electrons. The normalized spacial score (nSPS) is 18.4. The highest BCUT2D eigenvalue weighted by Gasteiger charge is 2.37. The van der Waals surface area contributed by atoms with Gasteiger partial charge in [0.15, 0.2) is 8.32 Å². The quantitative estimate of drug-likeness (QED) is 0.560. The van der Waals surface area contributed by atoms with E-state index in [9.17, 15) is 14.4 Å². The predicted octanol–water partition coefficient (Wildman–Crippen LogP) is 3.37. The van der Waals surface area contributed by atoms with Crippen LogP contribution in [0.15, 0.2) is 9.59 Å². The summed E-state index contributed by atoms with van der Waals surface area (Å²) in [6.07, 6.45) is 2.21. The van der Waals surface area contributed by atoms with E-state index in [1.165, 1.54) is 11.6 Å². The number of amides is 1. The molecule has 0 saturated heterocycles. The molecule has 0 spiro atoms. The van der Waals surface area contributed by atoms with Gasteiger partial charge in [-0.15, -0.1) is 0 Å². The number of hydrogen-bond donors (Lipinski definition) is 2. The number of unbranched alkanes of at least 4 members (excludes halogenated alkanes) is 1. The van der Waals surface area contributed by atoms with E-state index < -0.39 is 25.6 Å². The SMILES string of the molecule is CCCC[Si](C)(CC(C)(C)C)OCC1Nc2c(c(=O)n(C)c(=O)n2CC(C)C)NC1=O. The highest BCUT2D eigenvalue weighted by Crippen LogP contribution is 2.33. The number of nitrogens with zero attached hydrogens (tertiary/aromatic N) is 2. The van der Waals surface area contributed by atoms with Crippen molar-refractivity contribution in [2.24, 2.45) is 18.4 Å². The molecule has 0 fully saturated rings. The number of aromatic nitrogens is 2. The van der Waals surface area contributed by atoms with Crippen molar-refractivity contribution in [1.82, 2.24) is 9.13 Å². The summed E-state index contributed by atoms with van der Waals surface area (Å²) in [5.74, 6) is 0.273. The van der Waals surface area contributed by atoms with Crippen LogP contribution in [0.5, 0.6) is 0 Å². The van der Waals surface area contributed by atoms with Gasteiger partial charge in [-0.1, -0.05) is 54.4 Å². The smallest absolute Gasteiger partial charge is 0.332 e. The van der Waals surface area contributed by atoms with Gasteiger partial charge in [0, 0.05) is 13.6 Å². The second-order valence-corrected chi connectivity index (χ2v) is 14.7. The Morgan fingerprint density at radius 2 is 1.84 bits per heavy atom. The van der Waals surface area contributed by atoms with Crippen LogP contribution in [-0.2, 0) is 22.8 Å². The molecule has 2 N–H and O–H groups in total. The summed E-state index contributed by atoms with van der Waals surface area (Å²) in [5.41, 5.74) is -0.622. The molecule has 2 rings (SSSR count). The first-order valence-corrected chi connectivity index (χ1v) is 14.2. The molecule has 0 saturated carbocycles. The molecule has 1 aromatic heterocycles. The Bertz CT molecular complexity index is 916. The van der Waals surface area contributed by atoms with Crippen molar-refractivity contribution in [3.63, 3.8) is 0 Å². The zero-order valence-electron chi connectivity index (χ0n) is 20.4. The van der Waals surface area contributed by atoms with Crippen molar-refractivity contribution in [2.75, 3.05) is 17.2 Å². The van der Waals surface area contributed by atoms with Gasteiger partial charge in [-0.05, 0) is 30.0 Å². The van der Waals surface area contributed by atoms with E-state index in [4.69, 9.17) is 4.43 Å². The predicted molar refractivity (Wildman–Crippen MR) is 128 cm³/mol. The largest absolute Gasteiger partial charge is 0.414 e. The Hall–Kier alpha value is -1.87.